The van der Waals surface area contributed by atoms with E-state index in [1.165, 1.54) is 19.3 Å². The third kappa shape index (κ3) is 2.27. The maximum absolute atomic E-state index is 8.99. The third-order valence-electron chi connectivity index (χ3n) is 5.04. The Labute approximate surface area is 110 Å². The number of nitriles is 1. The topological polar surface area (TPSA) is 51.1 Å². The molecule has 3 aliphatic rings. The van der Waals surface area contributed by atoms with Gasteiger partial charge in [-0.15, -0.1) is 0 Å². The zero-order valence-electron chi connectivity index (χ0n) is 11.3. The molecular formula is C14H24N4. The lowest BCUT2D eigenvalue weighted by Gasteiger charge is -2.52. The molecule has 2 saturated heterocycles. The summed E-state index contributed by atoms with van der Waals surface area (Å²) in [5, 5.41) is 16.1. The van der Waals surface area contributed by atoms with Crippen molar-refractivity contribution in [3.8, 4) is 6.07 Å². The summed E-state index contributed by atoms with van der Waals surface area (Å²) in [6, 6.07) is 3.87. The van der Waals surface area contributed by atoms with Crippen molar-refractivity contribution in [2.45, 2.75) is 50.2 Å². The number of hydrogen-bond acceptors (Lipinski definition) is 4. The Kier molecular flexibility index (Phi) is 3.31. The zero-order valence-corrected chi connectivity index (χ0v) is 11.3. The summed E-state index contributed by atoms with van der Waals surface area (Å²) in [6.45, 7) is 6.63. The van der Waals surface area contributed by atoms with Crippen LogP contribution in [0.3, 0.4) is 0 Å². The molecular weight excluding hydrogens is 224 g/mol. The largest absolute Gasteiger partial charge is 0.313 e. The molecule has 0 amide bonds. The third-order valence-corrected chi connectivity index (χ3v) is 5.04. The molecule has 0 bridgehead atoms. The highest BCUT2D eigenvalue weighted by Gasteiger charge is 2.44. The van der Waals surface area contributed by atoms with E-state index in [9.17, 15) is 0 Å². The van der Waals surface area contributed by atoms with Crippen LogP contribution >= 0.6 is 0 Å². The first-order valence-corrected chi connectivity index (χ1v) is 7.32. The Hall–Kier alpha value is -0.630. The summed E-state index contributed by atoms with van der Waals surface area (Å²) in [4.78, 5) is 2.56. The molecule has 100 valence electrons. The van der Waals surface area contributed by atoms with Gasteiger partial charge in [-0.2, -0.15) is 5.26 Å². The lowest BCUT2D eigenvalue weighted by atomic mass is 9.85. The van der Waals surface area contributed by atoms with Gasteiger partial charge in [0, 0.05) is 38.3 Å². The van der Waals surface area contributed by atoms with E-state index >= 15 is 0 Å². The van der Waals surface area contributed by atoms with Crippen LogP contribution in [0.15, 0.2) is 0 Å². The van der Waals surface area contributed by atoms with Crippen molar-refractivity contribution in [1.82, 2.24) is 15.5 Å². The Balaban J connectivity index is 1.49. The molecule has 0 aromatic carbocycles. The fourth-order valence-electron chi connectivity index (χ4n) is 3.40. The van der Waals surface area contributed by atoms with Gasteiger partial charge in [0.25, 0.3) is 0 Å². The summed E-state index contributed by atoms with van der Waals surface area (Å²) in [6.07, 6.45) is 4.53. The predicted octanol–water partition coefficient (Wildman–Crippen LogP) is 0.704. The lowest BCUT2D eigenvalue weighted by Crippen LogP contribution is -2.70. The van der Waals surface area contributed by atoms with Crippen molar-refractivity contribution in [3.63, 3.8) is 0 Å². The molecule has 3 fully saturated rings. The molecule has 4 nitrogen and oxygen atoms in total. The Morgan fingerprint density at radius 2 is 2.06 bits per heavy atom. The van der Waals surface area contributed by atoms with Crippen LogP contribution in [0.2, 0.25) is 0 Å². The summed E-state index contributed by atoms with van der Waals surface area (Å²) in [5.41, 5.74) is 0.159. The second-order valence-electron chi connectivity index (χ2n) is 6.41. The molecule has 4 heteroatoms. The van der Waals surface area contributed by atoms with E-state index in [1.807, 2.05) is 0 Å². The number of rotatable bonds is 4. The second-order valence-corrected chi connectivity index (χ2v) is 6.41. The van der Waals surface area contributed by atoms with Gasteiger partial charge in [0.2, 0.25) is 0 Å². The molecule has 1 saturated carbocycles. The van der Waals surface area contributed by atoms with Crippen LogP contribution in [-0.2, 0) is 0 Å². The Morgan fingerprint density at radius 3 is 2.50 bits per heavy atom. The maximum atomic E-state index is 8.99. The smallest absolute Gasteiger partial charge is 0.0642 e. The first-order valence-electron chi connectivity index (χ1n) is 7.32. The molecule has 18 heavy (non-hydrogen) atoms. The molecule has 2 atom stereocenters. The minimum Gasteiger partial charge on any atom is -0.313 e. The minimum atomic E-state index is 0.159. The summed E-state index contributed by atoms with van der Waals surface area (Å²) >= 11 is 0. The van der Waals surface area contributed by atoms with Gasteiger partial charge in [-0.1, -0.05) is 6.92 Å². The number of piperidine rings is 1. The van der Waals surface area contributed by atoms with Gasteiger partial charge in [0.1, 0.15) is 0 Å². The van der Waals surface area contributed by atoms with Crippen LogP contribution in [0, 0.1) is 17.2 Å². The Bertz CT molecular complexity index is 336. The summed E-state index contributed by atoms with van der Waals surface area (Å²) in [5.74, 6) is 0.892. The van der Waals surface area contributed by atoms with Crippen molar-refractivity contribution in [2.24, 2.45) is 5.92 Å². The van der Waals surface area contributed by atoms with E-state index in [-0.39, 0.29) is 5.54 Å². The standard InChI is InChI=1S/C14H24N4/c1-11-8-13(11)17-12-2-6-18(7-3-12)14(4-5-15)9-16-10-14/h11-13,16-17H,2-4,6-10H2,1H3/t11-,13-/m1/s1. The number of nitrogens with zero attached hydrogens (tertiary/aromatic N) is 2. The van der Waals surface area contributed by atoms with Gasteiger partial charge in [-0.05, 0) is 25.2 Å². The second kappa shape index (κ2) is 4.80. The van der Waals surface area contributed by atoms with Crippen LogP contribution < -0.4 is 10.6 Å². The highest BCUT2D eigenvalue weighted by Crippen LogP contribution is 2.32. The highest BCUT2D eigenvalue weighted by atomic mass is 15.3. The zero-order chi connectivity index (χ0) is 12.6. The van der Waals surface area contributed by atoms with Gasteiger partial charge in [0.05, 0.1) is 18.0 Å². The quantitative estimate of drug-likeness (QED) is 0.769. The van der Waals surface area contributed by atoms with Gasteiger partial charge >= 0.3 is 0 Å². The van der Waals surface area contributed by atoms with Crippen LogP contribution in [0.1, 0.15) is 32.6 Å². The van der Waals surface area contributed by atoms with Gasteiger partial charge in [-0.3, -0.25) is 4.90 Å². The highest BCUT2D eigenvalue weighted by molar-refractivity contribution is 5.08. The van der Waals surface area contributed by atoms with Crippen LogP contribution in [0.4, 0.5) is 0 Å². The van der Waals surface area contributed by atoms with Crippen molar-refractivity contribution in [3.05, 3.63) is 0 Å². The first-order chi connectivity index (χ1) is 8.73. The van der Waals surface area contributed by atoms with E-state index in [0.717, 1.165) is 38.1 Å². The molecule has 2 N–H and O–H groups in total. The van der Waals surface area contributed by atoms with Crippen molar-refractivity contribution in [2.75, 3.05) is 26.2 Å². The molecule has 0 aromatic heterocycles. The first kappa shape index (κ1) is 12.4. The molecule has 1 aliphatic carbocycles. The average Bonchev–Trinajstić information content (AvgIpc) is 3.01. The van der Waals surface area contributed by atoms with Crippen molar-refractivity contribution < 1.29 is 0 Å². The Morgan fingerprint density at radius 1 is 1.39 bits per heavy atom. The fraction of sp³-hybridized carbons (Fsp3) is 0.929. The molecule has 2 aliphatic heterocycles. The normalized spacial score (nSPS) is 35.8. The van der Waals surface area contributed by atoms with Crippen LogP contribution in [0.25, 0.3) is 0 Å². The van der Waals surface area contributed by atoms with E-state index in [4.69, 9.17) is 5.26 Å². The van der Waals surface area contributed by atoms with E-state index in [2.05, 4.69) is 28.5 Å². The SMILES string of the molecule is C[C@@H]1C[C@H]1NC1CCN(C2(CC#N)CNC2)CC1. The molecule has 0 aromatic rings. The van der Waals surface area contributed by atoms with Gasteiger partial charge in [-0.25, -0.2) is 0 Å². The van der Waals surface area contributed by atoms with Crippen LogP contribution in [-0.4, -0.2) is 48.7 Å². The molecule has 0 radical (unpaired) electrons. The molecule has 3 rings (SSSR count). The van der Waals surface area contributed by atoms with E-state index < -0.39 is 0 Å². The predicted molar refractivity (Wildman–Crippen MR) is 71.1 cm³/mol. The number of hydrogen-bond donors (Lipinski definition) is 2. The lowest BCUT2D eigenvalue weighted by molar-refractivity contribution is 0.0182. The van der Waals surface area contributed by atoms with Gasteiger partial charge < -0.3 is 10.6 Å². The minimum absolute atomic E-state index is 0.159. The number of likely N-dealkylation sites (tertiary alicyclic amines) is 1. The van der Waals surface area contributed by atoms with E-state index in [1.54, 1.807) is 0 Å². The van der Waals surface area contributed by atoms with Gasteiger partial charge in [0.15, 0.2) is 0 Å². The molecule has 0 unspecified atom stereocenters. The monoisotopic (exact) mass is 248 g/mol. The molecule has 0 spiro atoms. The summed E-state index contributed by atoms with van der Waals surface area (Å²) < 4.78 is 0. The van der Waals surface area contributed by atoms with Crippen molar-refractivity contribution in [1.29, 1.82) is 5.26 Å². The number of nitrogens with one attached hydrogen (secondary N) is 2. The average molecular weight is 248 g/mol. The van der Waals surface area contributed by atoms with Crippen LogP contribution in [0.5, 0.6) is 0 Å². The van der Waals surface area contributed by atoms with Crippen molar-refractivity contribution >= 4 is 0 Å². The van der Waals surface area contributed by atoms with E-state index in [0.29, 0.717) is 12.5 Å². The maximum Gasteiger partial charge on any atom is 0.0642 e. The summed E-state index contributed by atoms with van der Waals surface area (Å²) in [7, 11) is 0. The fourth-order valence-corrected chi connectivity index (χ4v) is 3.40. The molecule has 2 heterocycles.